The monoisotopic (exact) mass is 297 g/mol. The van der Waals surface area contributed by atoms with Crippen LogP contribution in [0.3, 0.4) is 0 Å². The molecule has 0 spiro atoms. The summed E-state index contributed by atoms with van der Waals surface area (Å²) in [5.41, 5.74) is 0.623. The van der Waals surface area contributed by atoms with Crippen molar-refractivity contribution < 1.29 is 18.7 Å². The predicted octanol–water partition coefficient (Wildman–Crippen LogP) is 3.86. The van der Waals surface area contributed by atoms with Crippen molar-refractivity contribution >= 4 is 23.3 Å². The van der Waals surface area contributed by atoms with Crippen LogP contribution in [0.1, 0.15) is 11.6 Å². The van der Waals surface area contributed by atoms with E-state index < -0.39 is 23.6 Å². The molecule has 0 fully saturated rings. The summed E-state index contributed by atoms with van der Waals surface area (Å²) in [4.78, 5) is 11.3. The van der Waals surface area contributed by atoms with Crippen molar-refractivity contribution in [3.05, 3.63) is 64.7 Å². The zero-order chi connectivity index (χ0) is 14.7. The van der Waals surface area contributed by atoms with Gasteiger partial charge in [-0.2, -0.15) is 0 Å². The highest BCUT2D eigenvalue weighted by Crippen LogP contribution is 2.24. The summed E-state index contributed by atoms with van der Waals surface area (Å²) in [5, 5.41) is 11.8. The third-order valence-electron chi connectivity index (χ3n) is 2.68. The molecule has 0 aliphatic heterocycles. The van der Waals surface area contributed by atoms with Gasteiger partial charge in [0.25, 0.3) is 0 Å². The first kappa shape index (κ1) is 14.3. The Morgan fingerprint density at radius 2 is 1.80 bits per heavy atom. The highest BCUT2D eigenvalue weighted by atomic mass is 35.5. The van der Waals surface area contributed by atoms with Crippen molar-refractivity contribution in [2.75, 3.05) is 5.32 Å². The number of rotatable bonds is 4. The molecular weight excluding hydrogens is 288 g/mol. The minimum Gasteiger partial charge on any atom is -0.479 e. The van der Waals surface area contributed by atoms with Crippen molar-refractivity contribution in [3.8, 4) is 0 Å². The number of hydrogen-bond acceptors (Lipinski definition) is 2. The number of benzene rings is 2. The Labute approximate surface area is 118 Å². The van der Waals surface area contributed by atoms with E-state index in [2.05, 4.69) is 5.32 Å². The van der Waals surface area contributed by atoms with E-state index in [1.165, 1.54) is 36.4 Å². The van der Waals surface area contributed by atoms with Gasteiger partial charge in [0.05, 0.1) is 5.02 Å². The molecule has 3 nitrogen and oxygen atoms in total. The second-order valence-electron chi connectivity index (χ2n) is 4.10. The van der Waals surface area contributed by atoms with E-state index in [9.17, 15) is 18.7 Å². The molecule has 2 rings (SSSR count). The van der Waals surface area contributed by atoms with E-state index in [4.69, 9.17) is 11.6 Å². The van der Waals surface area contributed by atoms with Crippen LogP contribution >= 0.6 is 11.6 Å². The lowest BCUT2D eigenvalue weighted by molar-refractivity contribution is -0.138. The van der Waals surface area contributed by atoms with E-state index in [-0.39, 0.29) is 10.6 Å². The summed E-state index contributed by atoms with van der Waals surface area (Å²) in [6, 6.07) is 7.79. The van der Waals surface area contributed by atoms with Crippen molar-refractivity contribution in [2.45, 2.75) is 6.04 Å². The lowest BCUT2D eigenvalue weighted by atomic mass is 10.1. The average Bonchev–Trinajstić information content (AvgIpc) is 2.41. The molecule has 2 aromatic carbocycles. The van der Waals surface area contributed by atoms with Crippen molar-refractivity contribution in [3.63, 3.8) is 0 Å². The molecule has 2 N–H and O–H groups in total. The zero-order valence-electron chi connectivity index (χ0n) is 10.1. The number of anilines is 1. The topological polar surface area (TPSA) is 49.3 Å². The van der Waals surface area contributed by atoms with Gasteiger partial charge in [-0.1, -0.05) is 17.7 Å². The standard InChI is InChI=1S/C14H10ClF2NO2/c15-11-6-1-8(7-12(11)17)13(14(19)20)18-10-4-2-9(16)3-5-10/h1-7,13,18H,(H,19,20). The molecule has 104 valence electrons. The molecule has 0 aromatic heterocycles. The Hall–Kier alpha value is -2.14. The van der Waals surface area contributed by atoms with E-state index in [0.29, 0.717) is 5.69 Å². The van der Waals surface area contributed by atoms with Gasteiger partial charge < -0.3 is 10.4 Å². The minimum atomic E-state index is -1.18. The summed E-state index contributed by atoms with van der Waals surface area (Å²) < 4.78 is 26.2. The Bertz CT molecular complexity index is 632. The SMILES string of the molecule is O=C(O)C(Nc1ccc(F)cc1)c1ccc(Cl)c(F)c1. The molecule has 0 saturated heterocycles. The molecule has 0 aliphatic rings. The highest BCUT2D eigenvalue weighted by molar-refractivity contribution is 6.30. The van der Waals surface area contributed by atoms with Crippen molar-refractivity contribution in [1.29, 1.82) is 0 Å². The van der Waals surface area contributed by atoms with Crippen LogP contribution in [0, 0.1) is 11.6 Å². The van der Waals surface area contributed by atoms with Crippen LogP contribution in [-0.4, -0.2) is 11.1 Å². The van der Waals surface area contributed by atoms with E-state index in [1.807, 2.05) is 0 Å². The van der Waals surface area contributed by atoms with Crippen LogP contribution in [0.2, 0.25) is 5.02 Å². The molecule has 0 heterocycles. The summed E-state index contributed by atoms with van der Waals surface area (Å²) in [5.74, 6) is -2.31. The normalized spacial score (nSPS) is 11.9. The third kappa shape index (κ3) is 3.24. The van der Waals surface area contributed by atoms with Gasteiger partial charge in [-0.05, 0) is 42.0 Å². The maximum absolute atomic E-state index is 13.4. The maximum atomic E-state index is 13.4. The first-order valence-corrected chi connectivity index (χ1v) is 6.05. The summed E-state index contributed by atoms with van der Waals surface area (Å²) in [6.45, 7) is 0. The number of hydrogen-bond donors (Lipinski definition) is 2. The molecular formula is C14H10ClF2NO2. The fourth-order valence-electron chi connectivity index (χ4n) is 1.69. The largest absolute Gasteiger partial charge is 0.479 e. The van der Waals surface area contributed by atoms with Crippen LogP contribution in [0.25, 0.3) is 0 Å². The molecule has 0 amide bonds. The molecule has 1 unspecified atom stereocenters. The lowest BCUT2D eigenvalue weighted by Gasteiger charge is -2.16. The lowest BCUT2D eigenvalue weighted by Crippen LogP contribution is -2.20. The Balaban J connectivity index is 2.29. The van der Waals surface area contributed by atoms with Gasteiger partial charge in [-0.25, -0.2) is 13.6 Å². The van der Waals surface area contributed by atoms with Crippen LogP contribution in [0.5, 0.6) is 0 Å². The summed E-state index contributed by atoms with van der Waals surface area (Å²) in [6.07, 6.45) is 0. The summed E-state index contributed by atoms with van der Waals surface area (Å²) in [7, 11) is 0. The second kappa shape index (κ2) is 5.88. The van der Waals surface area contributed by atoms with Gasteiger partial charge in [0.2, 0.25) is 0 Å². The molecule has 0 bridgehead atoms. The van der Waals surface area contributed by atoms with Gasteiger partial charge >= 0.3 is 5.97 Å². The van der Waals surface area contributed by atoms with Gasteiger partial charge in [0.1, 0.15) is 11.6 Å². The molecule has 0 radical (unpaired) electrons. The molecule has 0 saturated carbocycles. The second-order valence-corrected chi connectivity index (χ2v) is 4.50. The number of nitrogens with one attached hydrogen (secondary N) is 1. The van der Waals surface area contributed by atoms with E-state index in [1.54, 1.807) is 0 Å². The number of carbonyl (C=O) groups is 1. The Morgan fingerprint density at radius 3 is 2.35 bits per heavy atom. The van der Waals surface area contributed by atoms with Gasteiger partial charge in [0, 0.05) is 5.69 Å². The maximum Gasteiger partial charge on any atom is 0.330 e. The zero-order valence-corrected chi connectivity index (χ0v) is 10.9. The van der Waals surface area contributed by atoms with Crippen molar-refractivity contribution in [2.24, 2.45) is 0 Å². The van der Waals surface area contributed by atoms with Gasteiger partial charge in [-0.3, -0.25) is 0 Å². The Kier molecular flexibility index (Phi) is 4.20. The first-order chi connectivity index (χ1) is 9.47. The first-order valence-electron chi connectivity index (χ1n) is 5.67. The number of aliphatic carboxylic acids is 1. The minimum absolute atomic E-state index is 0.0836. The van der Waals surface area contributed by atoms with E-state index >= 15 is 0 Å². The van der Waals surface area contributed by atoms with Crippen molar-refractivity contribution in [1.82, 2.24) is 0 Å². The average molecular weight is 298 g/mol. The Morgan fingerprint density at radius 1 is 1.15 bits per heavy atom. The van der Waals surface area contributed by atoms with Crippen LogP contribution in [0.15, 0.2) is 42.5 Å². The highest BCUT2D eigenvalue weighted by Gasteiger charge is 2.20. The molecule has 20 heavy (non-hydrogen) atoms. The van der Waals surface area contributed by atoms with Gasteiger partial charge in [-0.15, -0.1) is 0 Å². The number of halogens is 3. The van der Waals surface area contributed by atoms with Gasteiger partial charge in [0.15, 0.2) is 6.04 Å². The molecule has 0 aliphatic carbocycles. The number of carboxylic acids is 1. The fourth-order valence-corrected chi connectivity index (χ4v) is 1.81. The van der Waals surface area contributed by atoms with Crippen LogP contribution < -0.4 is 5.32 Å². The van der Waals surface area contributed by atoms with Crippen LogP contribution in [-0.2, 0) is 4.79 Å². The predicted molar refractivity (Wildman–Crippen MR) is 71.8 cm³/mol. The smallest absolute Gasteiger partial charge is 0.330 e. The van der Waals surface area contributed by atoms with E-state index in [0.717, 1.165) is 6.07 Å². The summed E-state index contributed by atoms with van der Waals surface area (Å²) >= 11 is 5.56. The molecule has 1 atom stereocenters. The third-order valence-corrected chi connectivity index (χ3v) is 2.99. The molecule has 2 aromatic rings. The molecule has 6 heteroatoms. The van der Waals surface area contributed by atoms with Crippen LogP contribution in [0.4, 0.5) is 14.5 Å². The quantitative estimate of drug-likeness (QED) is 0.901. The number of carboxylic acid groups (broad SMARTS) is 1. The fraction of sp³-hybridized carbons (Fsp3) is 0.0714.